The molecule has 4 heterocycles. The third-order valence-electron chi connectivity index (χ3n) is 8.42. The van der Waals surface area contributed by atoms with Crippen LogP contribution in [0.25, 0.3) is 6.08 Å². The van der Waals surface area contributed by atoms with Crippen molar-refractivity contribution in [3.63, 3.8) is 0 Å². The van der Waals surface area contributed by atoms with E-state index >= 15 is 0 Å². The summed E-state index contributed by atoms with van der Waals surface area (Å²) in [5, 5.41) is 25.3. The first-order chi connectivity index (χ1) is 17.4. The Labute approximate surface area is 219 Å². The summed E-state index contributed by atoms with van der Waals surface area (Å²) in [6.45, 7) is 9.70. The van der Waals surface area contributed by atoms with E-state index in [0.717, 1.165) is 19.3 Å². The molecule has 0 radical (unpaired) electrons. The maximum atomic E-state index is 13.7. The van der Waals surface area contributed by atoms with Gasteiger partial charge in [-0.1, -0.05) is 33.3 Å². The highest BCUT2D eigenvalue weighted by Gasteiger charge is 2.52. The van der Waals surface area contributed by atoms with Gasteiger partial charge in [-0.3, -0.25) is 9.59 Å². The van der Waals surface area contributed by atoms with Crippen LogP contribution in [-0.4, -0.2) is 69.6 Å². The first-order valence-corrected chi connectivity index (χ1v) is 13.5. The van der Waals surface area contributed by atoms with Gasteiger partial charge in [0.05, 0.1) is 54.5 Å². The number of rotatable bonds is 4. The van der Waals surface area contributed by atoms with Crippen LogP contribution in [0, 0.1) is 24.2 Å². The fourth-order valence-corrected chi connectivity index (χ4v) is 5.47. The number of nitrogens with one attached hydrogen (secondary N) is 1. The molecule has 8 unspecified atom stereocenters. The molecule has 0 bridgehead atoms. The third kappa shape index (κ3) is 6.88. The molecule has 1 aromatic rings. The van der Waals surface area contributed by atoms with Crippen molar-refractivity contribution >= 4 is 17.8 Å². The van der Waals surface area contributed by atoms with Crippen molar-refractivity contribution in [3.8, 4) is 0 Å². The fourth-order valence-electron chi connectivity index (χ4n) is 5.47. The topological polar surface area (TPSA) is 138 Å². The van der Waals surface area contributed by atoms with Crippen molar-refractivity contribution in [2.45, 2.75) is 109 Å². The molecule has 1 aromatic heterocycles. The van der Waals surface area contributed by atoms with E-state index in [1.54, 1.807) is 33.1 Å². The van der Waals surface area contributed by atoms with Crippen molar-refractivity contribution in [1.29, 1.82) is 0 Å². The summed E-state index contributed by atoms with van der Waals surface area (Å²) in [6.07, 6.45) is 6.33. The van der Waals surface area contributed by atoms with Gasteiger partial charge in [-0.25, -0.2) is 4.98 Å². The van der Waals surface area contributed by atoms with Crippen molar-refractivity contribution in [1.82, 2.24) is 10.3 Å². The number of Topliss-reactive ketones (excluding diaryl/α,β-unsaturated/α-hetero) is 1. The molecule has 0 aliphatic carbocycles. The Bertz CT molecular complexity index is 1000. The number of ether oxygens (including phenoxy) is 2. The number of oxazole rings is 1. The highest BCUT2D eigenvalue weighted by atomic mass is 16.6. The maximum absolute atomic E-state index is 13.7. The second kappa shape index (κ2) is 11.0. The minimum atomic E-state index is -1.21. The van der Waals surface area contributed by atoms with Crippen LogP contribution >= 0.6 is 0 Å². The van der Waals surface area contributed by atoms with Crippen molar-refractivity contribution in [2.75, 3.05) is 6.61 Å². The molecule has 8 atom stereocenters. The molecule has 9 heteroatoms. The van der Waals surface area contributed by atoms with Crippen LogP contribution < -0.4 is 5.32 Å². The van der Waals surface area contributed by atoms with Gasteiger partial charge in [0, 0.05) is 19.3 Å². The fraction of sp³-hybridized carbons (Fsp3) is 0.750. The molecular weight excluding hydrogens is 476 g/mol. The molecule has 9 nitrogen and oxygen atoms in total. The van der Waals surface area contributed by atoms with E-state index in [1.807, 2.05) is 13.0 Å². The van der Waals surface area contributed by atoms with Gasteiger partial charge in [0.1, 0.15) is 17.7 Å². The van der Waals surface area contributed by atoms with Gasteiger partial charge < -0.3 is 29.4 Å². The number of aliphatic hydroxyl groups excluding tert-OH is 2. The molecule has 1 amide bonds. The molecule has 3 aliphatic heterocycles. The van der Waals surface area contributed by atoms with Crippen LogP contribution in [-0.2, 0) is 19.1 Å². The predicted octanol–water partition coefficient (Wildman–Crippen LogP) is 2.96. The zero-order chi connectivity index (χ0) is 27.0. The highest BCUT2D eigenvalue weighted by Crippen LogP contribution is 2.44. The summed E-state index contributed by atoms with van der Waals surface area (Å²) in [5.74, 6) is -0.792. The van der Waals surface area contributed by atoms with Crippen LogP contribution in [0.3, 0.4) is 0 Å². The Hall–Kier alpha value is -2.07. The van der Waals surface area contributed by atoms with Crippen LogP contribution in [0.5, 0.6) is 0 Å². The Morgan fingerprint density at radius 2 is 1.97 bits per heavy atom. The van der Waals surface area contributed by atoms with E-state index in [1.165, 1.54) is 0 Å². The minimum Gasteiger partial charge on any atom is -0.449 e. The number of nitrogens with zero attached hydrogens (tertiary/aromatic N) is 1. The van der Waals surface area contributed by atoms with E-state index in [9.17, 15) is 19.8 Å². The number of aryl methyl sites for hydroxylation is 1. The lowest BCUT2D eigenvalue weighted by Crippen LogP contribution is -2.48. The van der Waals surface area contributed by atoms with Gasteiger partial charge in [0.2, 0.25) is 5.91 Å². The number of hydrogen-bond acceptors (Lipinski definition) is 8. The molecule has 0 aromatic carbocycles. The van der Waals surface area contributed by atoms with Crippen molar-refractivity contribution in [3.05, 3.63) is 23.9 Å². The predicted molar refractivity (Wildman–Crippen MR) is 136 cm³/mol. The number of fused-ring (bicyclic) bond motifs is 1. The standard InChI is InChI=1S/C28H42N2O7/c1-16-7-6-10-28(5)23(37-28)11-18(8-9-19-14-35-17(2)29-19)30-24(32)13-22(31)27(3,4)26(34)21(25(16)33)12-20-15-36-20/h8-9,14,16,18,20-23,25,31,33H,6-7,10-13,15H2,1-5H3,(H,30,32). The number of carbonyl (C=O) groups excluding carboxylic acids is 2. The molecule has 0 saturated carbocycles. The lowest BCUT2D eigenvalue weighted by Gasteiger charge is -2.36. The van der Waals surface area contributed by atoms with E-state index < -0.39 is 23.5 Å². The van der Waals surface area contributed by atoms with Crippen LogP contribution in [0.1, 0.15) is 77.8 Å². The summed E-state index contributed by atoms with van der Waals surface area (Å²) in [5.41, 5.74) is -0.846. The van der Waals surface area contributed by atoms with Crippen LogP contribution in [0.2, 0.25) is 0 Å². The van der Waals surface area contributed by atoms with Gasteiger partial charge >= 0.3 is 0 Å². The van der Waals surface area contributed by atoms with E-state index in [0.29, 0.717) is 31.0 Å². The number of hydrogen-bond donors (Lipinski definition) is 3. The monoisotopic (exact) mass is 518 g/mol. The maximum Gasteiger partial charge on any atom is 0.223 e. The van der Waals surface area contributed by atoms with Gasteiger partial charge in [0.25, 0.3) is 0 Å². The Morgan fingerprint density at radius 3 is 2.62 bits per heavy atom. The molecule has 3 saturated heterocycles. The van der Waals surface area contributed by atoms with E-state index in [2.05, 4.69) is 17.2 Å². The molecular formula is C28H42N2O7. The average molecular weight is 519 g/mol. The van der Waals surface area contributed by atoms with Crippen molar-refractivity contribution < 1.29 is 33.7 Å². The largest absolute Gasteiger partial charge is 0.449 e. The summed E-state index contributed by atoms with van der Waals surface area (Å²) < 4.78 is 16.7. The highest BCUT2D eigenvalue weighted by molar-refractivity contribution is 5.88. The van der Waals surface area contributed by atoms with Gasteiger partial charge in [-0.2, -0.15) is 0 Å². The quantitative estimate of drug-likeness (QED) is 0.517. The summed E-state index contributed by atoms with van der Waals surface area (Å²) in [6, 6.07) is -0.337. The SMILES string of the molecule is Cc1nc(C=CC2CC3OC3(C)CCCC(C)C(O)C(CC3CO3)C(=O)C(C)(C)C(O)CC(=O)N2)co1. The number of amides is 1. The normalized spacial score (nSPS) is 39.3. The second-order valence-electron chi connectivity index (χ2n) is 11.9. The molecule has 37 heavy (non-hydrogen) atoms. The minimum absolute atomic E-state index is 0.0164. The van der Waals surface area contributed by atoms with Gasteiger partial charge in [-0.15, -0.1) is 0 Å². The van der Waals surface area contributed by atoms with Crippen LogP contribution in [0.4, 0.5) is 0 Å². The molecule has 0 spiro atoms. The molecule has 3 aliphatic rings. The lowest BCUT2D eigenvalue weighted by molar-refractivity contribution is -0.144. The smallest absolute Gasteiger partial charge is 0.223 e. The van der Waals surface area contributed by atoms with Gasteiger partial charge in [-0.05, 0) is 38.2 Å². The first kappa shape index (κ1) is 28.0. The lowest BCUT2D eigenvalue weighted by atomic mass is 9.71. The number of carbonyl (C=O) groups is 2. The van der Waals surface area contributed by atoms with Crippen LogP contribution in [0.15, 0.2) is 16.8 Å². The Kier molecular flexibility index (Phi) is 8.28. The van der Waals surface area contributed by atoms with Gasteiger partial charge in [0.15, 0.2) is 5.89 Å². The Morgan fingerprint density at radius 1 is 1.24 bits per heavy atom. The molecule has 206 valence electrons. The summed E-state index contributed by atoms with van der Waals surface area (Å²) in [4.78, 5) is 31.0. The average Bonchev–Trinajstić information content (AvgIpc) is 3.72. The molecule has 3 fully saturated rings. The second-order valence-corrected chi connectivity index (χ2v) is 11.9. The zero-order valence-corrected chi connectivity index (χ0v) is 22.6. The third-order valence-corrected chi connectivity index (χ3v) is 8.42. The van der Waals surface area contributed by atoms with Crippen molar-refractivity contribution in [2.24, 2.45) is 17.3 Å². The summed E-state index contributed by atoms with van der Waals surface area (Å²) in [7, 11) is 0. The first-order valence-electron chi connectivity index (χ1n) is 13.5. The number of ketones is 1. The summed E-state index contributed by atoms with van der Waals surface area (Å²) >= 11 is 0. The number of aliphatic hydroxyl groups is 2. The molecule has 3 N–H and O–H groups in total. The Balaban J connectivity index is 1.55. The molecule has 4 rings (SSSR count). The number of aromatic nitrogens is 1. The van der Waals surface area contributed by atoms with E-state index in [-0.39, 0.29) is 47.9 Å². The van der Waals surface area contributed by atoms with E-state index in [4.69, 9.17) is 13.9 Å². The zero-order valence-electron chi connectivity index (χ0n) is 22.6. The number of epoxide rings is 2.